The van der Waals surface area contributed by atoms with E-state index in [-0.39, 0.29) is 17.3 Å². The second-order valence-electron chi connectivity index (χ2n) is 6.81. The SMILES string of the molecule is CC(=O)Nc1ccc(S(=O)(=O)N(C)CC(=O)Nc2ncc(Cc3ccccc3)s2)cc1. The topological polar surface area (TPSA) is 108 Å². The summed E-state index contributed by atoms with van der Waals surface area (Å²) in [6.07, 6.45) is 2.40. The maximum atomic E-state index is 12.7. The zero-order valence-corrected chi connectivity index (χ0v) is 18.7. The Morgan fingerprint density at radius 3 is 2.35 bits per heavy atom. The number of thiazole rings is 1. The Kier molecular flexibility index (Phi) is 7.16. The van der Waals surface area contributed by atoms with Crippen LogP contribution in [0.3, 0.4) is 0 Å². The van der Waals surface area contributed by atoms with Crippen molar-refractivity contribution >= 4 is 44.0 Å². The van der Waals surface area contributed by atoms with Crippen molar-refractivity contribution < 1.29 is 18.0 Å². The number of hydrogen-bond acceptors (Lipinski definition) is 6. The third-order valence-corrected chi connectivity index (χ3v) is 7.00. The molecule has 8 nitrogen and oxygen atoms in total. The fourth-order valence-electron chi connectivity index (χ4n) is 2.78. The second kappa shape index (κ2) is 9.82. The van der Waals surface area contributed by atoms with Crippen LogP contribution in [-0.2, 0) is 26.0 Å². The Labute approximate surface area is 185 Å². The number of benzene rings is 2. The minimum atomic E-state index is -3.86. The highest BCUT2D eigenvalue weighted by molar-refractivity contribution is 7.89. The van der Waals surface area contributed by atoms with E-state index in [4.69, 9.17) is 0 Å². The molecule has 1 heterocycles. The Balaban J connectivity index is 1.59. The molecular formula is C21H22N4O4S2. The molecule has 31 heavy (non-hydrogen) atoms. The van der Waals surface area contributed by atoms with Crippen LogP contribution in [0.5, 0.6) is 0 Å². The fourth-order valence-corrected chi connectivity index (χ4v) is 4.77. The van der Waals surface area contributed by atoms with Crippen molar-refractivity contribution in [1.82, 2.24) is 9.29 Å². The summed E-state index contributed by atoms with van der Waals surface area (Å²) in [6, 6.07) is 15.6. The number of nitrogens with one attached hydrogen (secondary N) is 2. The van der Waals surface area contributed by atoms with E-state index in [1.807, 2.05) is 30.3 Å². The molecule has 0 aliphatic heterocycles. The lowest BCUT2D eigenvalue weighted by atomic mass is 10.1. The van der Waals surface area contributed by atoms with Gasteiger partial charge >= 0.3 is 0 Å². The van der Waals surface area contributed by atoms with Crippen molar-refractivity contribution in [2.75, 3.05) is 24.2 Å². The van der Waals surface area contributed by atoms with Gasteiger partial charge in [0.15, 0.2) is 5.13 Å². The first-order chi connectivity index (χ1) is 14.7. The monoisotopic (exact) mass is 458 g/mol. The van der Waals surface area contributed by atoms with Gasteiger partial charge in [-0.2, -0.15) is 4.31 Å². The molecular weight excluding hydrogens is 436 g/mol. The van der Waals surface area contributed by atoms with Crippen LogP contribution in [0, 0.1) is 0 Å². The largest absolute Gasteiger partial charge is 0.326 e. The highest BCUT2D eigenvalue weighted by Gasteiger charge is 2.23. The molecule has 0 spiro atoms. The number of carbonyl (C=O) groups excluding carboxylic acids is 2. The van der Waals surface area contributed by atoms with Crippen LogP contribution in [0.15, 0.2) is 65.7 Å². The zero-order valence-electron chi connectivity index (χ0n) is 17.0. The molecule has 0 unspecified atom stereocenters. The van der Waals surface area contributed by atoms with E-state index in [0.29, 0.717) is 17.2 Å². The van der Waals surface area contributed by atoms with Gasteiger partial charge < -0.3 is 10.6 Å². The van der Waals surface area contributed by atoms with Crippen molar-refractivity contribution in [3.05, 3.63) is 71.2 Å². The summed E-state index contributed by atoms with van der Waals surface area (Å²) in [6.45, 7) is 1.01. The number of amides is 2. The number of sulfonamides is 1. The summed E-state index contributed by atoms with van der Waals surface area (Å²) >= 11 is 1.35. The van der Waals surface area contributed by atoms with Crippen molar-refractivity contribution in [3.8, 4) is 0 Å². The summed E-state index contributed by atoms with van der Waals surface area (Å²) in [5, 5.41) is 5.64. The Morgan fingerprint density at radius 1 is 1.03 bits per heavy atom. The van der Waals surface area contributed by atoms with E-state index in [2.05, 4.69) is 15.6 Å². The third kappa shape index (κ3) is 6.20. The smallest absolute Gasteiger partial charge is 0.243 e. The molecule has 2 N–H and O–H groups in total. The number of likely N-dealkylation sites (N-methyl/N-ethyl adjacent to an activating group) is 1. The highest BCUT2D eigenvalue weighted by atomic mass is 32.2. The number of nitrogens with zero attached hydrogens (tertiary/aromatic N) is 2. The number of hydrogen-bond donors (Lipinski definition) is 2. The first kappa shape index (κ1) is 22.6. The number of anilines is 2. The molecule has 162 valence electrons. The lowest BCUT2D eigenvalue weighted by molar-refractivity contribution is -0.116. The molecule has 0 fully saturated rings. The average molecular weight is 459 g/mol. The summed E-state index contributed by atoms with van der Waals surface area (Å²) in [7, 11) is -2.53. The van der Waals surface area contributed by atoms with Gasteiger partial charge in [0.1, 0.15) is 0 Å². The van der Waals surface area contributed by atoms with Crippen LogP contribution < -0.4 is 10.6 Å². The molecule has 0 saturated heterocycles. The van der Waals surface area contributed by atoms with Gasteiger partial charge in [-0.1, -0.05) is 30.3 Å². The van der Waals surface area contributed by atoms with Gasteiger partial charge in [-0.25, -0.2) is 13.4 Å². The molecule has 10 heteroatoms. The predicted octanol–water partition coefficient (Wildman–Crippen LogP) is 2.95. The molecule has 2 amide bonds. The van der Waals surface area contributed by atoms with Crippen LogP contribution in [0.1, 0.15) is 17.4 Å². The lowest BCUT2D eigenvalue weighted by Crippen LogP contribution is -2.34. The van der Waals surface area contributed by atoms with Gasteiger partial charge in [0, 0.05) is 37.2 Å². The summed E-state index contributed by atoms with van der Waals surface area (Å²) in [5.41, 5.74) is 1.63. The quantitative estimate of drug-likeness (QED) is 0.540. The van der Waals surface area contributed by atoms with Gasteiger partial charge in [0.25, 0.3) is 0 Å². The van der Waals surface area contributed by atoms with Crippen LogP contribution >= 0.6 is 11.3 Å². The molecule has 0 aliphatic carbocycles. The Hall–Kier alpha value is -3.08. The van der Waals surface area contributed by atoms with Crippen molar-refractivity contribution in [3.63, 3.8) is 0 Å². The standard InChI is InChI=1S/C21H22N4O4S2/c1-15(26)23-17-8-10-19(11-9-17)31(28,29)25(2)14-20(27)24-21-22-13-18(30-21)12-16-6-4-3-5-7-16/h3-11,13H,12,14H2,1-2H3,(H,23,26)(H,22,24,27). The molecule has 0 saturated carbocycles. The normalized spacial score (nSPS) is 11.3. The summed E-state index contributed by atoms with van der Waals surface area (Å²) < 4.78 is 26.4. The van der Waals surface area contributed by atoms with Crippen LogP contribution in [0.4, 0.5) is 10.8 Å². The van der Waals surface area contributed by atoms with E-state index in [1.165, 1.54) is 49.6 Å². The van der Waals surface area contributed by atoms with Crippen molar-refractivity contribution in [2.45, 2.75) is 18.2 Å². The molecule has 0 bridgehead atoms. The number of carbonyl (C=O) groups is 2. The average Bonchev–Trinajstić information content (AvgIpc) is 3.15. The first-order valence-corrected chi connectivity index (χ1v) is 11.6. The van der Waals surface area contributed by atoms with Crippen LogP contribution in [0.25, 0.3) is 0 Å². The second-order valence-corrected chi connectivity index (χ2v) is 9.97. The molecule has 0 aliphatic rings. The highest BCUT2D eigenvalue weighted by Crippen LogP contribution is 2.22. The lowest BCUT2D eigenvalue weighted by Gasteiger charge is -2.16. The van der Waals surface area contributed by atoms with Gasteiger partial charge in [-0.15, -0.1) is 11.3 Å². The maximum absolute atomic E-state index is 12.7. The zero-order chi connectivity index (χ0) is 22.4. The molecule has 0 radical (unpaired) electrons. The minimum absolute atomic E-state index is 0.0244. The van der Waals surface area contributed by atoms with Crippen molar-refractivity contribution in [1.29, 1.82) is 0 Å². The molecule has 2 aromatic carbocycles. The van der Waals surface area contributed by atoms with Gasteiger partial charge in [0.2, 0.25) is 21.8 Å². The van der Waals surface area contributed by atoms with E-state index in [1.54, 1.807) is 6.20 Å². The Morgan fingerprint density at radius 2 is 1.71 bits per heavy atom. The molecule has 1 aromatic heterocycles. The molecule has 0 atom stereocenters. The first-order valence-electron chi connectivity index (χ1n) is 9.36. The Bertz CT molecular complexity index is 1160. The van der Waals surface area contributed by atoms with E-state index in [9.17, 15) is 18.0 Å². The predicted molar refractivity (Wildman–Crippen MR) is 121 cm³/mol. The molecule has 3 rings (SSSR count). The summed E-state index contributed by atoms with van der Waals surface area (Å²) in [5.74, 6) is -0.736. The van der Waals surface area contributed by atoms with Crippen LogP contribution in [0.2, 0.25) is 0 Å². The van der Waals surface area contributed by atoms with Gasteiger partial charge in [-0.3, -0.25) is 9.59 Å². The van der Waals surface area contributed by atoms with Crippen molar-refractivity contribution in [2.24, 2.45) is 0 Å². The minimum Gasteiger partial charge on any atom is -0.326 e. The molecule has 3 aromatic rings. The van der Waals surface area contributed by atoms with E-state index < -0.39 is 15.9 Å². The van der Waals surface area contributed by atoms with E-state index >= 15 is 0 Å². The number of aromatic nitrogens is 1. The number of rotatable bonds is 8. The van der Waals surface area contributed by atoms with E-state index in [0.717, 1.165) is 14.7 Å². The summed E-state index contributed by atoms with van der Waals surface area (Å²) in [4.78, 5) is 28.6. The maximum Gasteiger partial charge on any atom is 0.243 e. The van der Waals surface area contributed by atoms with Gasteiger partial charge in [-0.05, 0) is 29.8 Å². The van der Waals surface area contributed by atoms with Gasteiger partial charge in [0.05, 0.1) is 11.4 Å². The fraction of sp³-hybridized carbons (Fsp3) is 0.190. The van der Waals surface area contributed by atoms with Crippen LogP contribution in [-0.4, -0.2) is 43.1 Å². The third-order valence-electron chi connectivity index (χ3n) is 4.27.